The number of benzene rings is 1. The normalized spacial score (nSPS) is 18.7. The number of halogens is 1. The molecule has 1 aliphatic heterocycles. The molecule has 1 heterocycles. The lowest BCUT2D eigenvalue weighted by Gasteiger charge is -2.36. The van der Waals surface area contributed by atoms with Crippen molar-refractivity contribution in [1.82, 2.24) is 9.80 Å². The van der Waals surface area contributed by atoms with Gasteiger partial charge in [-0.3, -0.25) is 14.4 Å². The molecule has 25 heavy (non-hydrogen) atoms. The van der Waals surface area contributed by atoms with Gasteiger partial charge in [-0.25, -0.2) is 0 Å². The quantitative estimate of drug-likeness (QED) is 0.836. The molecule has 0 unspecified atom stereocenters. The zero-order valence-electron chi connectivity index (χ0n) is 14.5. The molecule has 0 spiro atoms. The summed E-state index contributed by atoms with van der Waals surface area (Å²) in [5.41, 5.74) is 0.460. The second kappa shape index (κ2) is 6.67. The van der Waals surface area contributed by atoms with Crippen LogP contribution in [-0.2, 0) is 14.4 Å². The van der Waals surface area contributed by atoms with Crippen molar-refractivity contribution < 1.29 is 14.4 Å². The molecule has 1 aromatic rings. The van der Waals surface area contributed by atoms with E-state index in [4.69, 9.17) is 11.6 Å². The van der Waals surface area contributed by atoms with E-state index in [-0.39, 0.29) is 17.7 Å². The smallest absolute Gasteiger partial charge is 0.240 e. The van der Waals surface area contributed by atoms with Gasteiger partial charge in [0, 0.05) is 43.8 Å². The lowest BCUT2D eigenvalue weighted by atomic mass is 10.0. The molecule has 1 saturated carbocycles. The third kappa shape index (κ3) is 3.35. The van der Waals surface area contributed by atoms with Crippen molar-refractivity contribution >= 4 is 35.0 Å². The summed E-state index contributed by atoms with van der Waals surface area (Å²) >= 11 is 6.09. The first-order valence-corrected chi connectivity index (χ1v) is 8.84. The second-order valence-electron chi connectivity index (χ2n) is 6.75. The van der Waals surface area contributed by atoms with Gasteiger partial charge >= 0.3 is 0 Å². The Labute approximate surface area is 152 Å². The first kappa shape index (κ1) is 17.7. The van der Waals surface area contributed by atoms with Gasteiger partial charge in [-0.2, -0.15) is 0 Å². The highest BCUT2D eigenvalue weighted by Crippen LogP contribution is 2.48. The van der Waals surface area contributed by atoms with E-state index in [2.05, 4.69) is 5.32 Å². The number of nitrogens with zero attached hydrogens (tertiary/aromatic N) is 2. The van der Waals surface area contributed by atoms with Gasteiger partial charge in [0.05, 0.1) is 0 Å². The van der Waals surface area contributed by atoms with Crippen molar-refractivity contribution in [2.75, 3.05) is 31.5 Å². The van der Waals surface area contributed by atoms with Gasteiger partial charge in [0.25, 0.3) is 0 Å². The fraction of sp³-hybridized carbons (Fsp3) is 0.500. The molecule has 134 valence electrons. The van der Waals surface area contributed by atoms with Crippen molar-refractivity contribution in [3.63, 3.8) is 0 Å². The number of nitrogens with one attached hydrogen (secondary N) is 1. The largest absolute Gasteiger partial charge is 0.339 e. The van der Waals surface area contributed by atoms with E-state index < -0.39 is 5.41 Å². The Morgan fingerprint density at radius 2 is 1.68 bits per heavy atom. The highest BCUT2D eigenvalue weighted by molar-refractivity contribution is 6.31. The Morgan fingerprint density at radius 3 is 2.24 bits per heavy atom. The Balaban J connectivity index is 1.67. The van der Waals surface area contributed by atoms with Gasteiger partial charge in [0.15, 0.2) is 0 Å². The van der Waals surface area contributed by atoms with E-state index in [1.807, 2.05) is 6.92 Å². The van der Waals surface area contributed by atoms with Gasteiger partial charge in [0.2, 0.25) is 17.7 Å². The van der Waals surface area contributed by atoms with Crippen LogP contribution in [0, 0.1) is 12.3 Å². The van der Waals surface area contributed by atoms with Crippen LogP contribution in [0.4, 0.5) is 5.69 Å². The Morgan fingerprint density at radius 1 is 1.08 bits per heavy atom. The molecule has 2 fully saturated rings. The minimum atomic E-state index is -0.965. The van der Waals surface area contributed by atoms with Crippen molar-refractivity contribution in [3.05, 3.63) is 28.8 Å². The van der Waals surface area contributed by atoms with Crippen LogP contribution in [0.25, 0.3) is 0 Å². The average molecular weight is 364 g/mol. The van der Waals surface area contributed by atoms with Crippen LogP contribution in [0.15, 0.2) is 18.2 Å². The number of rotatable bonds is 3. The summed E-state index contributed by atoms with van der Waals surface area (Å²) in [6.07, 6.45) is 1.12. The third-order valence-corrected chi connectivity index (χ3v) is 5.53. The van der Waals surface area contributed by atoms with Gasteiger partial charge in [0.1, 0.15) is 5.41 Å². The van der Waals surface area contributed by atoms with Crippen LogP contribution in [0.1, 0.15) is 25.3 Å². The van der Waals surface area contributed by atoms with Crippen LogP contribution < -0.4 is 5.32 Å². The summed E-state index contributed by atoms with van der Waals surface area (Å²) in [4.78, 5) is 40.5. The molecule has 0 bridgehead atoms. The zero-order chi connectivity index (χ0) is 18.2. The topological polar surface area (TPSA) is 69.7 Å². The number of amides is 3. The molecule has 2 aliphatic rings. The van der Waals surface area contributed by atoms with Crippen molar-refractivity contribution in [2.45, 2.75) is 26.7 Å². The van der Waals surface area contributed by atoms with Crippen molar-refractivity contribution in [3.8, 4) is 0 Å². The standard InChI is InChI=1S/C18H22ClN3O3/c1-12-14(19)4-3-5-15(12)20-16(24)18(6-7-18)17(25)22-10-8-21(9-11-22)13(2)23/h3-5H,6-11H2,1-2H3,(H,20,24). The van der Waals surface area contributed by atoms with Gasteiger partial charge in [-0.15, -0.1) is 0 Å². The van der Waals surface area contributed by atoms with Gasteiger partial charge < -0.3 is 15.1 Å². The molecule has 1 N–H and O–H groups in total. The summed E-state index contributed by atoms with van der Waals surface area (Å²) in [6.45, 7) is 5.35. The molecule has 0 atom stereocenters. The maximum atomic E-state index is 12.9. The first-order valence-electron chi connectivity index (χ1n) is 8.46. The van der Waals surface area contributed by atoms with Crippen LogP contribution in [-0.4, -0.2) is 53.7 Å². The molecular formula is C18H22ClN3O3. The number of anilines is 1. The van der Waals surface area contributed by atoms with Gasteiger partial charge in [-0.1, -0.05) is 17.7 Å². The molecule has 1 aliphatic carbocycles. The lowest BCUT2D eigenvalue weighted by molar-refractivity contribution is -0.146. The molecular weight excluding hydrogens is 342 g/mol. The second-order valence-corrected chi connectivity index (χ2v) is 7.15. The maximum absolute atomic E-state index is 12.9. The summed E-state index contributed by atoms with van der Waals surface area (Å²) in [5, 5.41) is 3.44. The van der Waals surface area contributed by atoms with Crippen molar-refractivity contribution in [1.29, 1.82) is 0 Å². The number of carbonyl (C=O) groups excluding carboxylic acids is 3. The van der Waals surface area contributed by atoms with E-state index in [0.29, 0.717) is 49.7 Å². The minimum absolute atomic E-state index is 0.0161. The summed E-state index contributed by atoms with van der Waals surface area (Å²) in [5.74, 6) is -0.382. The number of hydrogen-bond acceptors (Lipinski definition) is 3. The highest BCUT2D eigenvalue weighted by atomic mass is 35.5. The number of carbonyl (C=O) groups is 3. The SMILES string of the molecule is CC(=O)N1CCN(C(=O)C2(C(=O)Nc3cccc(Cl)c3C)CC2)CC1. The Kier molecular flexibility index (Phi) is 4.73. The first-order chi connectivity index (χ1) is 11.8. The van der Waals surface area contributed by atoms with Crippen LogP contribution >= 0.6 is 11.6 Å². The number of piperazine rings is 1. The molecule has 7 heteroatoms. The Hall–Kier alpha value is -2.08. The van der Waals surface area contributed by atoms with Crippen molar-refractivity contribution in [2.24, 2.45) is 5.41 Å². The Bertz CT molecular complexity index is 722. The summed E-state index contributed by atoms with van der Waals surface area (Å²) in [7, 11) is 0. The molecule has 6 nitrogen and oxygen atoms in total. The fourth-order valence-corrected chi connectivity index (χ4v) is 3.35. The molecule has 0 radical (unpaired) electrons. The lowest BCUT2D eigenvalue weighted by Crippen LogP contribution is -2.53. The average Bonchev–Trinajstić information content (AvgIpc) is 3.40. The predicted molar refractivity (Wildman–Crippen MR) is 95.3 cm³/mol. The van der Waals surface area contributed by atoms with E-state index >= 15 is 0 Å². The molecule has 0 aromatic heterocycles. The highest BCUT2D eigenvalue weighted by Gasteiger charge is 2.58. The molecule has 3 rings (SSSR count). The van der Waals surface area contributed by atoms with Crippen LogP contribution in [0.5, 0.6) is 0 Å². The van der Waals surface area contributed by atoms with E-state index in [1.54, 1.807) is 28.0 Å². The predicted octanol–water partition coefficient (Wildman–Crippen LogP) is 2.06. The maximum Gasteiger partial charge on any atom is 0.240 e. The molecule has 1 saturated heterocycles. The van der Waals surface area contributed by atoms with E-state index in [9.17, 15) is 14.4 Å². The summed E-state index contributed by atoms with van der Waals surface area (Å²) in [6, 6.07) is 5.32. The van der Waals surface area contributed by atoms with Gasteiger partial charge in [-0.05, 0) is 37.5 Å². The molecule has 3 amide bonds. The van der Waals surface area contributed by atoms with Crippen LogP contribution in [0.3, 0.4) is 0 Å². The van der Waals surface area contributed by atoms with E-state index in [1.165, 1.54) is 6.92 Å². The summed E-state index contributed by atoms with van der Waals surface area (Å²) < 4.78 is 0. The number of hydrogen-bond donors (Lipinski definition) is 1. The zero-order valence-corrected chi connectivity index (χ0v) is 15.2. The fourth-order valence-electron chi connectivity index (χ4n) is 3.17. The van der Waals surface area contributed by atoms with Crippen LogP contribution in [0.2, 0.25) is 5.02 Å². The van der Waals surface area contributed by atoms with E-state index in [0.717, 1.165) is 5.56 Å². The third-order valence-electron chi connectivity index (χ3n) is 5.12. The monoisotopic (exact) mass is 363 g/mol. The minimum Gasteiger partial charge on any atom is -0.339 e. The molecule has 1 aromatic carbocycles.